The second-order valence-electron chi connectivity index (χ2n) is 13.7. The van der Waals surface area contributed by atoms with Gasteiger partial charge < -0.3 is 24.1 Å². The number of ether oxygens (including phenoxy) is 2. The molecular weight excluding hydrogens is 652 g/mol. The van der Waals surface area contributed by atoms with Gasteiger partial charge in [-0.2, -0.15) is 4.72 Å². The zero-order chi connectivity index (χ0) is 35.6. The minimum Gasteiger partial charge on any atom is -0.465 e. The predicted octanol–water partition coefficient (Wildman–Crippen LogP) is 4.25. The molecule has 0 spiro atoms. The van der Waals surface area contributed by atoms with Gasteiger partial charge in [-0.05, 0) is 82.2 Å². The van der Waals surface area contributed by atoms with Gasteiger partial charge in [0.25, 0.3) is 0 Å². The van der Waals surface area contributed by atoms with E-state index in [9.17, 15) is 27.6 Å². The fraction of sp³-hybridized carbons (Fsp3) is 0.600. The van der Waals surface area contributed by atoms with E-state index in [2.05, 4.69) is 4.72 Å². The van der Waals surface area contributed by atoms with Crippen molar-refractivity contribution in [3.05, 3.63) is 42.5 Å². The van der Waals surface area contributed by atoms with Gasteiger partial charge in [0.2, 0.25) is 21.8 Å². The Bertz CT molecular complexity index is 1570. The standard InChI is InChI=1S/C35H50N4O9S/c1-5-46-32(41)25-38(23-26-13-12-20-39(24-26)48-34(43)47-35(2,3)4)31(40)22-30(33(42)37-18-10-6-7-11-19-37)36-49(44,45)29-17-16-27-14-8-9-15-28(27)21-29/h8-9,14-17,21,26,30,36H,5-7,10-13,18-20,22-25H2,1-4H3/t26-,30-/m0/s1. The summed E-state index contributed by atoms with van der Waals surface area (Å²) in [5.74, 6) is -1.87. The molecule has 2 saturated heterocycles. The highest BCUT2D eigenvalue weighted by molar-refractivity contribution is 7.89. The molecule has 14 heteroatoms. The molecule has 0 unspecified atom stereocenters. The summed E-state index contributed by atoms with van der Waals surface area (Å²) in [6, 6.07) is 10.6. The van der Waals surface area contributed by atoms with Crippen molar-refractivity contribution in [2.24, 2.45) is 5.92 Å². The van der Waals surface area contributed by atoms with E-state index in [1.807, 2.05) is 18.2 Å². The highest BCUT2D eigenvalue weighted by Crippen LogP contribution is 2.23. The van der Waals surface area contributed by atoms with Crippen LogP contribution in [-0.4, -0.2) is 105 Å². The van der Waals surface area contributed by atoms with Gasteiger partial charge in [-0.1, -0.05) is 43.2 Å². The first kappa shape index (κ1) is 38.1. The third kappa shape index (κ3) is 11.7. The molecule has 1 N–H and O–H groups in total. The molecular formula is C35H50N4O9S. The molecule has 2 atom stereocenters. The number of nitrogens with one attached hydrogen (secondary N) is 1. The lowest BCUT2D eigenvalue weighted by molar-refractivity contribution is -0.162. The molecule has 49 heavy (non-hydrogen) atoms. The summed E-state index contributed by atoms with van der Waals surface area (Å²) in [6.45, 7) is 8.40. The number of sulfonamides is 1. The maximum absolute atomic E-state index is 14.0. The van der Waals surface area contributed by atoms with Crippen molar-refractivity contribution < 1.29 is 41.9 Å². The molecule has 2 aromatic rings. The SMILES string of the molecule is CCOC(=O)CN(C[C@@H]1CCCN(OC(=O)OC(C)(C)C)C1)C(=O)C[C@H](NS(=O)(=O)c1ccc2ccccc2c1)C(=O)N1CCCCCC1. The Morgan fingerprint density at radius 1 is 0.959 bits per heavy atom. The third-order valence-corrected chi connectivity index (χ3v) is 9.92. The molecule has 4 rings (SSSR count). The second-order valence-corrected chi connectivity index (χ2v) is 15.4. The van der Waals surface area contributed by atoms with Crippen molar-refractivity contribution in [1.29, 1.82) is 0 Å². The Morgan fingerprint density at radius 2 is 1.65 bits per heavy atom. The first-order chi connectivity index (χ1) is 23.2. The van der Waals surface area contributed by atoms with Gasteiger partial charge in [-0.25, -0.2) is 13.2 Å². The number of carbonyl (C=O) groups excluding carboxylic acids is 4. The largest absolute Gasteiger partial charge is 0.528 e. The van der Waals surface area contributed by atoms with Crippen LogP contribution in [0.3, 0.4) is 0 Å². The molecule has 2 heterocycles. The average molecular weight is 703 g/mol. The summed E-state index contributed by atoms with van der Waals surface area (Å²) in [7, 11) is -4.23. The summed E-state index contributed by atoms with van der Waals surface area (Å²) in [6.07, 6.45) is 3.50. The molecule has 0 radical (unpaired) electrons. The highest BCUT2D eigenvalue weighted by Gasteiger charge is 2.35. The van der Waals surface area contributed by atoms with Crippen molar-refractivity contribution in [2.45, 2.75) is 89.2 Å². The number of esters is 1. The Kier molecular flexibility index (Phi) is 13.4. The average Bonchev–Trinajstić information content (AvgIpc) is 3.33. The smallest absolute Gasteiger partial charge is 0.465 e. The van der Waals surface area contributed by atoms with Gasteiger partial charge in [-0.15, -0.1) is 5.06 Å². The quantitative estimate of drug-likeness (QED) is 0.318. The summed E-state index contributed by atoms with van der Waals surface area (Å²) in [4.78, 5) is 61.3. The topological polar surface area (TPSA) is 152 Å². The molecule has 0 saturated carbocycles. The molecule has 2 aliphatic heterocycles. The fourth-order valence-electron chi connectivity index (χ4n) is 6.15. The van der Waals surface area contributed by atoms with Crippen LogP contribution in [0, 0.1) is 5.92 Å². The predicted molar refractivity (Wildman–Crippen MR) is 183 cm³/mol. The first-order valence-electron chi connectivity index (χ1n) is 17.1. The van der Waals surface area contributed by atoms with Crippen molar-refractivity contribution in [1.82, 2.24) is 19.6 Å². The fourth-order valence-corrected chi connectivity index (χ4v) is 7.37. The van der Waals surface area contributed by atoms with Crippen LogP contribution in [-0.2, 0) is 38.7 Å². The Hall–Kier alpha value is -3.75. The number of benzene rings is 2. The van der Waals surface area contributed by atoms with Gasteiger partial charge >= 0.3 is 12.1 Å². The number of hydroxylamine groups is 2. The minimum absolute atomic E-state index is 0.0250. The summed E-state index contributed by atoms with van der Waals surface area (Å²) < 4.78 is 40.5. The van der Waals surface area contributed by atoms with Crippen molar-refractivity contribution in [3.63, 3.8) is 0 Å². The number of carbonyl (C=O) groups is 4. The number of fused-ring (bicyclic) bond motifs is 1. The number of hydrogen-bond donors (Lipinski definition) is 1. The molecule has 270 valence electrons. The van der Waals surface area contributed by atoms with Crippen LogP contribution in [0.5, 0.6) is 0 Å². The Balaban J connectivity index is 1.55. The van der Waals surface area contributed by atoms with E-state index >= 15 is 0 Å². The monoisotopic (exact) mass is 702 g/mol. The normalized spacial score (nSPS) is 18.3. The number of amides is 2. The zero-order valence-corrected chi connectivity index (χ0v) is 29.8. The minimum atomic E-state index is -4.23. The van der Waals surface area contributed by atoms with E-state index in [0.717, 1.165) is 36.5 Å². The van der Waals surface area contributed by atoms with Crippen molar-refractivity contribution in [2.75, 3.05) is 45.9 Å². The molecule has 0 bridgehead atoms. The lowest BCUT2D eigenvalue weighted by Crippen LogP contribution is -2.52. The van der Waals surface area contributed by atoms with Crippen LogP contribution in [0.4, 0.5) is 4.79 Å². The number of nitrogens with zero attached hydrogens (tertiary/aromatic N) is 3. The van der Waals surface area contributed by atoms with Crippen LogP contribution in [0.15, 0.2) is 47.4 Å². The van der Waals surface area contributed by atoms with Gasteiger partial charge in [0.15, 0.2) is 0 Å². The highest BCUT2D eigenvalue weighted by atomic mass is 32.2. The van der Waals surface area contributed by atoms with E-state index < -0.39 is 52.0 Å². The third-order valence-electron chi connectivity index (χ3n) is 8.45. The lowest BCUT2D eigenvalue weighted by atomic mass is 9.98. The number of rotatable bonds is 12. The molecule has 0 aliphatic carbocycles. The van der Waals surface area contributed by atoms with Gasteiger partial charge in [-0.3, -0.25) is 14.4 Å². The number of piperidine rings is 1. The molecule has 0 aromatic heterocycles. The van der Waals surface area contributed by atoms with E-state index in [1.54, 1.807) is 44.7 Å². The van der Waals surface area contributed by atoms with E-state index in [4.69, 9.17) is 14.3 Å². The molecule has 2 fully saturated rings. The maximum atomic E-state index is 14.0. The van der Waals surface area contributed by atoms with Gasteiger partial charge in [0.1, 0.15) is 18.2 Å². The van der Waals surface area contributed by atoms with Crippen molar-refractivity contribution in [3.8, 4) is 0 Å². The number of likely N-dealkylation sites (tertiary alicyclic amines) is 1. The first-order valence-corrected chi connectivity index (χ1v) is 18.6. The van der Waals surface area contributed by atoms with Crippen LogP contribution < -0.4 is 4.72 Å². The van der Waals surface area contributed by atoms with Gasteiger partial charge in [0.05, 0.1) is 17.9 Å². The summed E-state index contributed by atoms with van der Waals surface area (Å²) >= 11 is 0. The Morgan fingerprint density at radius 3 is 2.33 bits per heavy atom. The molecule has 2 aromatic carbocycles. The lowest BCUT2D eigenvalue weighted by Gasteiger charge is -2.35. The van der Waals surface area contributed by atoms with Crippen LogP contribution >= 0.6 is 0 Å². The Labute approximate surface area is 289 Å². The zero-order valence-electron chi connectivity index (χ0n) is 29.0. The molecule has 2 aliphatic rings. The summed E-state index contributed by atoms with van der Waals surface area (Å²) in [5, 5.41) is 3.06. The molecule has 13 nitrogen and oxygen atoms in total. The van der Waals surface area contributed by atoms with Crippen LogP contribution in [0.25, 0.3) is 10.8 Å². The van der Waals surface area contributed by atoms with Gasteiger partial charge in [0, 0.05) is 32.7 Å². The van der Waals surface area contributed by atoms with E-state index in [0.29, 0.717) is 32.5 Å². The van der Waals surface area contributed by atoms with E-state index in [1.165, 1.54) is 22.1 Å². The maximum Gasteiger partial charge on any atom is 0.528 e. The van der Waals surface area contributed by atoms with Crippen LogP contribution in [0.1, 0.15) is 72.6 Å². The second kappa shape index (κ2) is 17.3. The number of hydrogen-bond acceptors (Lipinski definition) is 10. The summed E-state index contributed by atoms with van der Waals surface area (Å²) in [5.41, 5.74) is -0.730. The van der Waals surface area contributed by atoms with Crippen molar-refractivity contribution >= 4 is 44.7 Å². The van der Waals surface area contributed by atoms with E-state index in [-0.39, 0.29) is 37.1 Å². The van der Waals surface area contributed by atoms with Crippen LogP contribution in [0.2, 0.25) is 0 Å². The molecule has 2 amide bonds.